The molecular formula is C19H19N5O2. The molecule has 1 aromatic carbocycles. The van der Waals surface area contributed by atoms with Crippen LogP contribution in [0, 0.1) is 5.92 Å². The zero-order valence-electron chi connectivity index (χ0n) is 14.1. The molecule has 0 radical (unpaired) electrons. The van der Waals surface area contributed by atoms with Crippen LogP contribution in [0.2, 0.25) is 0 Å². The SMILES string of the molecule is O=C(c1nc(-c2ccc(O)cc2)cc2[nH]ncc12)N1CCC2CNCC21. The molecule has 7 heteroatoms. The van der Waals surface area contributed by atoms with Gasteiger partial charge in [0.05, 0.1) is 22.8 Å². The average Bonchev–Trinajstić information content (AvgIpc) is 3.37. The highest BCUT2D eigenvalue weighted by atomic mass is 16.3. The highest BCUT2D eigenvalue weighted by Gasteiger charge is 2.40. The molecule has 0 spiro atoms. The Morgan fingerprint density at radius 2 is 2.08 bits per heavy atom. The zero-order chi connectivity index (χ0) is 17.7. The number of phenolic OH excluding ortho intramolecular Hbond substituents is 1. The quantitative estimate of drug-likeness (QED) is 0.655. The number of likely N-dealkylation sites (tertiary alicyclic amines) is 1. The standard InChI is InChI=1S/C19H19N5O2/c25-13-3-1-11(2-4-13)15-7-16-14(9-21-23-16)18(22-15)19(26)24-6-5-12-8-20-10-17(12)24/h1-4,7,9,12,17,20,25H,5-6,8,10H2,(H,21,23). The molecule has 2 aromatic heterocycles. The Labute approximate surface area is 150 Å². The Morgan fingerprint density at radius 3 is 2.92 bits per heavy atom. The summed E-state index contributed by atoms with van der Waals surface area (Å²) in [5.74, 6) is 0.705. The van der Waals surface area contributed by atoms with E-state index in [4.69, 9.17) is 0 Å². The molecule has 26 heavy (non-hydrogen) atoms. The number of rotatable bonds is 2. The summed E-state index contributed by atoms with van der Waals surface area (Å²) in [6.45, 7) is 2.61. The number of hydrogen-bond donors (Lipinski definition) is 3. The van der Waals surface area contributed by atoms with Gasteiger partial charge in [-0.05, 0) is 42.7 Å². The van der Waals surface area contributed by atoms with E-state index < -0.39 is 0 Å². The fraction of sp³-hybridized carbons (Fsp3) is 0.316. The first-order chi connectivity index (χ1) is 12.7. The van der Waals surface area contributed by atoms with Gasteiger partial charge in [0.2, 0.25) is 0 Å². The van der Waals surface area contributed by atoms with Crippen molar-refractivity contribution in [3.05, 3.63) is 42.2 Å². The van der Waals surface area contributed by atoms with Crippen LogP contribution in [0.1, 0.15) is 16.9 Å². The minimum Gasteiger partial charge on any atom is -0.508 e. The Morgan fingerprint density at radius 1 is 1.23 bits per heavy atom. The number of benzene rings is 1. The first kappa shape index (κ1) is 15.3. The second kappa shape index (κ2) is 5.81. The molecule has 3 N–H and O–H groups in total. The predicted octanol–water partition coefficient (Wildman–Crippen LogP) is 1.76. The topological polar surface area (TPSA) is 94.1 Å². The third-order valence-corrected chi connectivity index (χ3v) is 5.51. The van der Waals surface area contributed by atoms with Gasteiger partial charge in [0.15, 0.2) is 0 Å². The Balaban J connectivity index is 1.59. The van der Waals surface area contributed by atoms with E-state index in [0.717, 1.165) is 42.5 Å². The van der Waals surface area contributed by atoms with E-state index in [-0.39, 0.29) is 17.7 Å². The van der Waals surface area contributed by atoms with Crippen molar-refractivity contribution in [2.75, 3.05) is 19.6 Å². The first-order valence-corrected chi connectivity index (χ1v) is 8.86. The fourth-order valence-corrected chi connectivity index (χ4v) is 4.12. The lowest BCUT2D eigenvalue weighted by atomic mass is 10.0. The summed E-state index contributed by atoms with van der Waals surface area (Å²) in [7, 11) is 0. The fourth-order valence-electron chi connectivity index (χ4n) is 4.12. The van der Waals surface area contributed by atoms with Crippen molar-refractivity contribution in [3.8, 4) is 17.0 Å². The average molecular weight is 349 g/mol. The van der Waals surface area contributed by atoms with E-state index in [0.29, 0.717) is 17.3 Å². The van der Waals surface area contributed by atoms with Crippen LogP contribution in [0.15, 0.2) is 36.5 Å². The molecule has 7 nitrogen and oxygen atoms in total. The molecule has 132 valence electrons. The number of aromatic nitrogens is 3. The van der Waals surface area contributed by atoms with Crippen molar-refractivity contribution in [2.45, 2.75) is 12.5 Å². The molecule has 0 aliphatic carbocycles. The summed E-state index contributed by atoms with van der Waals surface area (Å²) in [4.78, 5) is 19.9. The van der Waals surface area contributed by atoms with E-state index in [1.165, 1.54) is 0 Å². The van der Waals surface area contributed by atoms with E-state index >= 15 is 0 Å². The minimum atomic E-state index is -0.0340. The summed E-state index contributed by atoms with van der Waals surface area (Å²) in [5, 5.41) is 20.7. The van der Waals surface area contributed by atoms with Gasteiger partial charge in [-0.3, -0.25) is 9.89 Å². The van der Waals surface area contributed by atoms with Gasteiger partial charge in [-0.25, -0.2) is 4.98 Å². The number of nitrogens with one attached hydrogen (secondary N) is 2. The van der Waals surface area contributed by atoms with Gasteiger partial charge >= 0.3 is 0 Å². The van der Waals surface area contributed by atoms with Crippen LogP contribution in [0.25, 0.3) is 22.2 Å². The number of aromatic hydroxyl groups is 1. The Kier molecular flexibility index (Phi) is 3.43. The van der Waals surface area contributed by atoms with Gasteiger partial charge in [-0.1, -0.05) is 0 Å². The van der Waals surface area contributed by atoms with Gasteiger partial charge < -0.3 is 15.3 Å². The van der Waals surface area contributed by atoms with E-state index in [1.54, 1.807) is 30.5 Å². The first-order valence-electron chi connectivity index (χ1n) is 8.86. The third-order valence-electron chi connectivity index (χ3n) is 5.51. The number of carbonyl (C=O) groups excluding carboxylic acids is 1. The van der Waals surface area contributed by atoms with Gasteiger partial charge in [0.1, 0.15) is 11.4 Å². The maximum atomic E-state index is 13.3. The van der Waals surface area contributed by atoms with Crippen LogP contribution >= 0.6 is 0 Å². The van der Waals surface area contributed by atoms with Crippen molar-refractivity contribution in [2.24, 2.45) is 5.92 Å². The molecule has 2 atom stereocenters. The zero-order valence-corrected chi connectivity index (χ0v) is 14.1. The van der Waals surface area contributed by atoms with Gasteiger partial charge in [-0.2, -0.15) is 5.10 Å². The highest BCUT2D eigenvalue weighted by Crippen LogP contribution is 2.31. The highest BCUT2D eigenvalue weighted by molar-refractivity contribution is 6.05. The van der Waals surface area contributed by atoms with Crippen molar-refractivity contribution >= 4 is 16.8 Å². The number of nitrogens with zero attached hydrogens (tertiary/aromatic N) is 3. The Hall–Kier alpha value is -2.93. The van der Waals surface area contributed by atoms with Gasteiger partial charge in [-0.15, -0.1) is 0 Å². The molecule has 0 saturated carbocycles. The number of fused-ring (bicyclic) bond motifs is 2. The van der Waals surface area contributed by atoms with Gasteiger partial charge in [0.25, 0.3) is 5.91 Å². The van der Waals surface area contributed by atoms with Crippen molar-refractivity contribution in [3.63, 3.8) is 0 Å². The molecule has 2 aliphatic rings. The lowest BCUT2D eigenvalue weighted by molar-refractivity contribution is 0.0733. The number of H-pyrrole nitrogens is 1. The van der Waals surface area contributed by atoms with E-state index in [9.17, 15) is 9.90 Å². The molecule has 5 rings (SSSR count). The van der Waals surface area contributed by atoms with Crippen molar-refractivity contribution in [1.29, 1.82) is 0 Å². The molecule has 2 unspecified atom stereocenters. The minimum absolute atomic E-state index is 0.0340. The molecule has 2 fully saturated rings. The largest absolute Gasteiger partial charge is 0.508 e. The molecule has 2 aliphatic heterocycles. The van der Waals surface area contributed by atoms with Crippen molar-refractivity contribution in [1.82, 2.24) is 25.4 Å². The second-order valence-corrected chi connectivity index (χ2v) is 7.01. The summed E-state index contributed by atoms with van der Waals surface area (Å²) < 4.78 is 0. The molecular weight excluding hydrogens is 330 g/mol. The lowest BCUT2D eigenvalue weighted by Gasteiger charge is -2.23. The van der Waals surface area contributed by atoms with Crippen LogP contribution in [0.5, 0.6) is 5.75 Å². The normalized spacial score (nSPS) is 22.1. The molecule has 4 heterocycles. The second-order valence-electron chi connectivity index (χ2n) is 7.01. The number of carbonyl (C=O) groups is 1. The van der Waals surface area contributed by atoms with Crippen LogP contribution in [-0.2, 0) is 0 Å². The van der Waals surface area contributed by atoms with E-state index in [1.807, 2.05) is 11.0 Å². The monoisotopic (exact) mass is 349 g/mol. The number of amides is 1. The summed E-state index contributed by atoms with van der Waals surface area (Å²) in [5.41, 5.74) is 2.75. The summed E-state index contributed by atoms with van der Waals surface area (Å²) in [6, 6.07) is 8.95. The van der Waals surface area contributed by atoms with Crippen LogP contribution < -0.4 is 5.32 Å². The van der Waals surface area contributed by atoms with Gasteiger partial charge in [0, 0.05) is 31.2 Å². The molecule has 1 amide bonds. The van der Waals surface area contributed by atoms with Crippen LogP contribution in [0.4, 0.5) is 0 Å². The number of hydrogen-bond acceptors (Lipinski definition) is 5. The lowest BCUT2D eigenvalue weighted by Crippen LogP contribution is -2.39. The maximum Gasteiger partial charge on any atom is 0.273 e. The van der Waals surface area contributed by atoms with Crippen LogP contribution in [0.3, 0.4) is 0 Å². The smallest absolute Gasteiger partial charge is 0.273 e. The molecule has 0 bridgehead atoms. The molecule has 3 aromatic rings. The van der Waals surface area contributed by atoms with Crippen LogP contribution in [-0.4, -0.2) is 56.8 Å². The number of pyridine rings is 1. The predicted molar refractivity (Wildman–Crippen MR) is 96.8 cm³/mol. The maximum absolute atomic E-state index is 13.3. The number of aromatic amines is 1. The third kappa shape index (κ3) is 2.35. The summed E-state index contributed by atoms with van der Waals surface area (Å²) >= 11 is 0. The number of phenols is 1. The van der Waals surface area contributed by atoms with Crippen molar-refractivity contribution < 1.29 is 9.90 Å². The van der Waals surface area contributed by atoms with E-state index in [2.05, 4.69) is 20.5 Å². The molecule has 2 saturated heterocycles. The Bertz CT molecular complexity index is 981. The summed E-state index contributed by atoms with van der Waals surface area (Å²) in [6.07, 6.45) is 2.70.